The molecule has 2 heterocycles. The Kier molecular flexibility index (Phi) is 4.07. The van der Waals surface area contributed by atoms with Crippen LogP contribution in [0, 0.1) is 5.92 Å². The largest absolute Gasteiger partial charge is 0.454 e. The third kappa shape index (κ3) is 2.81. The molecule has 0 aromatic heterocycles. The first-order valence-corrected chi connectivity index (χ1v) is 8.65. The first-order valence-electron chi connectivity index (χ1n) is 8.65. The Balaban J connectivity index is 1.61. The maximum Gasteiger partial charge on any atom is 0.262 e. The van der Waals surface area contributed by atoms with Crippen molar-refractivity contribution in [2.75, 3.05) is 12.1 Å². The van der Waals surface area contributed by atoms with Crippen molar-refractivity contribution in [2.45, 2.75) is 19.9 Å². The van der Waals surface area contributed by atoms with Gasteiger partial charge in [-0.1, -0.05) is 26.0 Å². The number of carbonyl (C=O) groups excluding carboxylic acids is 3. The smallest absolute Gasteiger partial charge is 0.262 e. The summed E-state index contributed by atoms with van der Waals surface area (Å²) in [5.41, 5.74) is 1.15. The minimum Gasteiger partial charge on any atom is -0.454 e. The molecule has 2 aliphatic heterocycles. The lowest BCUT2D eigenvalue weighted by Crippen LogP contribution is -2.50. The standard InChI is InChI=1S/C20H18N2O5/c1-11(2)17(22-19(24)13-5-3-4-6-14(13)20(22)25)18(23)21-12-7-8-15-16(9-12)27-10-26-15/h3-9,11,17H,10H2,1-2H3,(H,21,23)/t17-/m1/s1. The highest BCUT2D eigenvalue weighted by Gasteiger charge is 2.43. The molecule has 27 heavy (non-hydrogen) atoms. The molecule has 0 aliphatic carbocycles. The van der Waals surface area contributed by atoms with Crippen LogP contribution >= 0.6 is 0 Å². The number of nitrogens with one attached hydrogen (secondary N) is 1. The van der Waals surface area contributed by atoms with Gasteiger partial charge in [-0.25, -0.2) is 0 Å². The highest BCUT2D eigenvalue weighted by Crippen LogP contribution is 2.34. The zero-order chi connectivity index (χ0) is 19.1. The van der Waals surface area contributed by atoms with Crippen molar-refractivity contribution in [3.63, 3.8) is 0 Å². The molecule has 0 bridgehead atoms. The number of imide groups is 1. The van der Waals surface area contributed by atoms with Crippen LogP contribution in [0.25, 0.3) is 0 Å². The Bertz CT molecular complexity index is 918. The summed E-state index contributed by atoms with van der Waals surface area (Å²) in [4.78, 5) is 39.5. The number of ether oxygens (including phenoxy) is 2. The van der Waals surface area contributed by atoms with Gasteiger partial charge in [-0.05, 0) is 30.2 Å². The van der Waals surface area contributed by atoms with Crippen molar-refractivity contribution in [3.8, 4) is 11.5 Å². The van der Waals surface area contributed by atoms with E-state index in [1.54, 1.807) is 56.3 Å². The van der Waals surface area contributed by atoms with Gasteiger partial charge >= 0.3 is 0 Å². The number of amides is 3. The number of fused-ring (bicyclic) bond motifs is 2. The second-order valence-corrected chi connectivity index (χ2v) is 6.77. The first kappa shape index (κ1) is 17.1. The molecule has 7 nitrogen and oxygen atoms in total. The maximum atomic E-state index is 13.0. The summed E-state index contributed by atoms with van der Waals surface area (Å²) in [6, 6.07) is 10.7. The fourth-order valence-corrected chi connectivity index (χ4v) is 3.37. The van der Waals surface area contributed by atoms with Gasteiger partial charge in [0, 0.05) is 11.8 Å². The highest BCUT2D eigenvalue weighted by molar-refractivity contribution is 6.23. The minimum absolute atomic E-state index is 0.135. The van der Waals surface area contributed by atoms with Gasteiger partial charge in [0.15, 0.2) is 11.5 Å². The second kappa shape index (κ2) is 6.42. The number of benzene rings is 2. The van der Waals surface area contributed by atoms with E-state index >= 15 is 0 Å². The van der Waals surface area contributed by atoms with Crippen LogP contribution in [0.4, 0.5) is 5.69 Å². The van der Waals surface area contributed by atoms with E-state index in [-0.39, 0.29) is 12.7 Å². The van der Waals surface area contributed by atoms with E-state index in [1.807, 2.05) is 0 Å². The van der Waals surface area contributed by atoms with Crippen LogP contribution in [0.3, 0.4) is 0 Å². The van der Waals surface area contributed by atoms with E-state index < -0.39 is 23.8 Å². The molecule has 0 saturated carbocycles. The summed E-state index contributed by atoms with van der Waals surface area (Å²) in [5, 5.41) is 2.78. The Morgan fingerprint density at radius 3 is 2.26 bits per heavy atom. The van der Waals surface area contributed by atoms with Gasteiger partial charge in [0.1, 0.15) is 6.04 Å². The number of anilines is 1. The van der Waals surface area contributed by atoms with Crippen LogP contribution < -0.4 is 14.8 Å². The molecule has 0 unspecified atom stereocenters. The van der Waals surface area contributed by atoms with E-state index in [2.05, 4.69) is 5.32 Å². The maximum absolute atomic E-state index is 13.0. The van der Waals surface area contributed by atoms with E-state index in [9.17, 15) is 14.4 Å². The SMILES string of the molecule is CC(C)[C@H](C(=O)Nc1ccc2c(c1)OCO2)N1C(=O)c2ccccc2C1=O. The summed E-state index contributed by atoms with van der Waals surface area (Å²) in [5.74, 6) is -0.451. The molecule has 0 fully saturated rings. The van der Waals surface area contributed by atoms with E-state index in [0.29, 0.717) is 28.3 Å². The van der Waals surface area contributed by atoms with Crippen molar-refractivity contribution in [1.29, 1.82) is 0 Å². The topological polar surface area (TPSA) is 84.9 Å². The van der Waals surface area contributed by atoms with Crippen molar-refractivity contribution in [1.82, 2.24) is 4.90 Å². The minimum atomic E-state index is -0.928. The molecule has 1 atom stereocenters. The Morgan fingerprint density at radius 2 is 1.63 bits per heavy atom. The first-order chi connectivity index (χ1) is 13.0. The average molecular weight is 366 g/mol. The van der Waals surface area contributed by atoms with Crippen LogP contribution in [0.2, 0.25) is 0 Å². The number of carbonyl (C=O) groups is 3. The Hall–Kier alpha value is -3.35. The predicted octanol–water partition coefficient (Wildman–Crippen LogP) is 2.67. The summed E-state index contributed by atoms with van der Waals surface area (Å²) in [6.07, 6.45) is 0. The number of hydrogen-bond acceptors (Lipinski definition) is 5. The molecule has 2 aliphatic rings. The fourth-order valence-electron chi connectivity index (χ4n) is 3.37. The van der Waals surface area contributed by atoms with Crippen molar-refractivity contribution < 1.29 is 23.9 Å². The van der Waals surface area contributed by atoms with Gasteiger partial charge in [0.2, 0.25) is 12.7 Å². The van der Waals surface area contributed by atoms with E-state index in [0.717, 1.165) is 4.90 Å². The van der Waals surface area contributed by atoms with Crippen molar-refractivity contribution in [2.24, 2.45) is 5.92 Å². The van der Waals surface area contributed by atoms with Crippen LogP contribution in [-0.2, 0) is 4.79 Å². The fraction of sp³-hybridized carbons (Fsp3) is 0.250. The Labute approximate surface area is 155 Å². The van der Waals surface area contributed by atoms with Gasteiger partial charge in [0.25, 0.3) is 11.8 Å². The quantitative estimate of drug-likeness (QED) is 0.841. The van der Waals surface area contributed by atoms with Gasteiger partial charge in [0.05, 0.1) is 11.1 Å². The molecule has 138 valence electrons. The lowest BCUT2D eigenvalue weighted by Gasteiger charge is -2.28. The van der Waals surface area contributed by atoms with Crippen molar-refractivity contribution >= 4 is 23.4 Å². The summed E-state index contributed by atoms with van der Waals surface area (Å²) < 4.78 is 10.6. The van der Waals surface area contributed by atoms with Crippen molar-refractivity contribution in [3.05, 3.63) is 53.6 Å². The van der Waals surface area contributed by atoms with Crippen LogP contribution in [-0.4, -0.2) is 35.5 Å². The van der Waals surface area contributed by atoms with Gasteiger partial charge < -0.3 is 14.8 Å². The highest BCUT2D eigenvalue weighted by atomic mass is 16.7. The summed E-state index contributed by atoms with van der Waals surface area (Å²) in [7, 11) is 0. The van der Waals surface area contributed by atoms with Crippen LogP contribution in [0.15, 0.2) is 42.5 Å². The number of hydrogen-bond donors (Lipinski definition) is 1. The third-order valence-electron chi connectivity index (χ3n) is 4.64. The van der Waals surface area contributed by atoms with Crippen LogP contribution in [0.1, 0.15) is 34.6 Å². The van der Waals surface area contributed by atoms with Crippen LogP contribution in [0.5, 0.6) is 11.5 Å². The molecule has 0 spiro atoms. The third-order valence-corrected chi connectivity index (χ3v) is 4.64. The molecule has 2 aromatic rings. The lowest BCUT2D eigenvalue weighted by molar-refractivity contribution is -0.121. The number of nitrogens with zero attached hydrogens (tertiary/aromatic N) is 1. The van der Waals surface area contributed by atoms with Gasteiger partial charge in [-0.3, -0.25) is 19.3 Å². The van der Waals surface area contributed by atoms with E-state index in [4.69, 9.17) is 9.47 Å². The molecule has 7 heteroatoms. The molecule has 2 aromatic carbocycles. The number of rotatable bonds is 4. The molecule has 0 radical (unpaired) electrons. The molecule has 0 saturated heterocycles. The summed E-state index contributed by atoms with van der Waals surface area (Å²) >= 11 is 0. The van der Waals surface area contributed by atoms with Gasteiger partial charge in [-0.2, -0.15) is 0 Å². The Morgan fingerprint density at radius 1 is 1.00 bits per heavy atom. The average Bonchev–Trinajstić information content (AvgIpc) is 3.20. The monoisotopic (exact) mass is 366 g/mol. The van der Waals surface area contributed by atoms with Gasteiger partial charge in [-0.15, -0.1) is 0 Å². The predicted molar refractivity (Wildman–Crippen MR) is 96.8 cm³/mol. The second-order valence-electron chi connectivity index (χ2n) is 6.77. The lowest BCUT2D eigenvalue weighted by atomic mass is 10.0. The molecule has 3 amide bonds. The molecule has 4 rings (SSSR count). The normalized spacial score (nSPS) is 15.9. The molecular formula is C20H18N2O5. The summed E-state index contributed by atoms with van der Waals surface area (Å²) in [6.45, 7) is 3.73. The zero-order valence-electron chi connectivity index (χ0n) is 14.9. The van der Waals surface area contributed by atoms with E-state index in [1.165, 1.54) is 0 Å². The molecular weight excluding hydrogens is 348 g/mol. The molecule has 1 N–H and O–H groups in total. The zero-order valence-corrected chi connectivity index (χ0v) is 14.9.